The third-order valence-corrected chi connectivity index (χ3v) is 6.27. The maximum atomic E-state index is 13.4. The van der Waals surface area contributed by atoms with Gasteiger partial charge in [0.1, 0.15) is 5.82 Å². The molecular formula is C26H24FN3O2S. The number of anilines is 1. The molecule has 33 heavy (non-hydrogen) atoms. The minimum absolute atomic E-state index is 0.0777. The summed E-state index contributed by atoms with van der Waals surface area (Å²) in [6.45, 7) is 0. The standard InChI is InChI=1S/C26H24FN3O2S/c1-30(2)26(32)33-20-7-5-6-19(16-20)28-24(31)15-14-22-21-8-3-4-9-23(21)29-25(22)17-10-12-18(27)13-11-17/h3-13,16,29H,14-15H2,1-2H3,(H,28,31). The number of benzene rings is 3. The number of aromatic nitrogens is 1. The quantitative estimate of drug-likeness (QED) is 0.330. The molecule has 0 atom stereocenters. The Morgan fingerprint density at radius 1 is 1.00 bits per heavy atom. The van der Waals surface area contributed by atoms with Crippen molar-refractivity contribution < 1.29 is 14.0 Å². The van der Waals surface area contributed by atoms with Crippen molar-refractivity contribution in [2.45, 2.75) is 17.7 Å². The molecule has 0 unspecified atom stereocenters. The second-order valence-corrected chi connectivity index (χ2v) is 8.89. The zero-order chi connectivity index (χ0) is 23.4. The number of para-hydroxylation sites is 1. The van der Waals surface area contributed by atoms with Gasteiger partial charge >= 0.3 is 0 Å². The van der Waals surface area contributed by atoms with E-state index in [0.717, 1.165) is 44.4 Å². The molecule has 1 heterocycles. The van der Waals surface area contributed by atoms with Crippen molar-refractivity contribution >= 4 is 39.5 Å². The number of nitrogens with one attached hydrogen (secondary N) is 2. The van der Waals surface area contributed by atoms with Crippen LogP contribution in [0.3, 0.4) is 0 Å². The molecule has 2 N–H and O–H groups in total. The number of thioether (sulfide) groups is 1. The van der Waals surface area contributed by atoms with Crippen LogP contribution in [0.1, 0.15) is 12.0 Å². The highest BCUT2D eigenvalue weighted by Crippen LogP contribution is 2.31. The SMILES string of the molecule is CN(C)C(=O)Sc1cccc(NC(=O)CCc2c(-c3ccc(F)cc3)[nH]c3ccccc23)c1. The molecule has 0 fully saturated rings. The van der Waals surface area contributed by atoms with Crippen molar-refractivity contribution in [1.82, 2.24) is 9.88 Å². The van der Waals surface area contributed by atoms with Gasteiger partial charge < -0.3 is 15.2 Å². The van der Waals surface area contributed by atoms with E-state index in [-0.39, 0.29) is 23.4 Å². The number of hydrogen-bond donors (Lipinski definition) is 2. The molecule has 0 saturated carbocycles. The van der Waals surface area contributed by atoms with Crippen molar-refractivity contribution in [2.75, 3.05) is 19.4 Å². The summed E-state index contributed by atoms with van der Waals surface area (Å²) < 4.78 is 13.4. The Hall–Kier alpha value is -3.58. The van der Waals surface area contributed by atoms with E-state index >= 15 is 0 Å². The zero-order valence-corrected chi connectivity index (χ0v) is 19.2. The molecule has 7 heteroatoms. The number of nitrogens with zero attached hydrogens (tertiary/aromatic N) is 1. The highest BCUT2D eigenvalue weighted by atomic mass is 32.2. The largest absolute Gasteiger partial charge is 0.354 e. The van der Waals surface area contributed by atoms with Crippen LogP contribution in [0.4, 0.5) is 14.9 Å². The molecule has 0 bridgehead atoms. The van der Waals surface area contributed by atoms with Crippen LogP contribution in [0.5, 0.6) is 0 Å². The number of fused-ring (bicyclic) bond motifs is 1. The van der Waals surface area contributed by atoms with Gasteiger partial charge in [0.25, 0.3) is 5.24 Å². The number of aromatic amines is 1. The zero-order valence-electron chi connectivity index (χ0n) is 18.4. The summed E-state index contributed by atoms with van der Waals surface area (Å²) >= 11 is 1.11. The van der Waals surface area contributed by atoms with Gasteiger partial charge in [0.2, 0.25) is 5.91 Å². The Morgan fingerprint density at radius 2 is 1.76 bits per heavy atom. The first-order chi connectivity index (χ1) is 15.9. The van der Waals surface area contributed by atoms with Crippen LogP contribution in [0.2, 0.25) is 0 Å². The third kappa shape index (κ3) is 5.43. The molecule has 168 valence electrons. The van der Waals surface area contributed by atoms with Gasteiger partial charge in [-0.05, 0) is 77.8 Å². The second kappa shape index (κ2) is 9.92. The number of H-pyrrole nitrogens is 1. The minimum atomic E-state index is -0.288. The number of halogens is 1. The maximum Gasteiger partial charge on any atom is 0.285 e. The highest BCUT2D eigenvalue weighted by Gasteiger charge is 2.15. The topological polar surface area (TPSA) is 65.2 Å². The number of carbonyl (C=O) groups excluding carboxylic acids is 2. The van der Waals surface area contributed by atoms with Crippen molar-refractivity contribution in [3.8, 4) is 11.3 Å². The average Bonchev–Trinajstić information content (AvgIpc) is 3.17. The van der Waals surface area contributed by atoms with Crippen LogP contribution >= 0.6 is 11.8 Å². The minimum Gasteiger partial charge on any atom is -0.354 e. The van der Waals surface area contributed by atoms with Gasteiger partial charge in [-0.25, -0.2) is 4.39 Å². The highest BCUT2D eigenvalue weighted by molar-refractivity contribution is 8.13. The lowest BCUT2D eigenvalue weighted by Gasteiger charge is -2.11. The fourth-order valence-corrected chi connectivity index (χ4v) is 4.33. The van der Waals surface area contributed by atoms with Crippen molar-refractivity contribution in [3.63, 3.8) is 0 Å². The lowest BCUT2D eigenvalue weighted by atomic mass is 10.0. The smallest absolute Gasteiger partial charge is 0.285 e. The average molecular weight is 462 g/mol. The van der Waals surface area contributed by atoms with Gasteiger partial charge in [0.15, 0.2) is 0 Å². The molecule has 1 aromatic heterocycles. The Labute approximate surface area is 196 Å². The summed E-state index contributed by atoms with van der Waals surface area (Å²) in [4.78, 5) is 30.3. The van der Waals surface area contributed by atoms with Gasteiger partial charge in [-0.3, -0.25) is 9.59 Å². The molecule has 3 aromatic carbocycles. The van der Waals surface area contributed by atoms with E-state index < -0.39 is 0 Å². The van der Waals surface area contributed by atoms with Gasteiger partial charge in [0, 0.05) is 47.7 Å². The number of rotatable bonds is 6. The molecule has 4 rings (SSSR count). The van der Waals surface area contributed by atoms with Crippen LogP contribution in [0.15, 0.2) is 77.7 Å². The molecule has 2 amide bonds. The Balaban J connectivity index is 1.50. The molecule has 5 nitrogen and oxygen atoms in total. The summed E-state index contributed by atoms with van der Waals surface area (Å²) in [5.74, 6) is -0.408. The molecule has 0 spiro atoms. The Bertz CT molecular complexity index is 1300. The summed E-state index contributed by atoms with van der Waals surface area (Å²) in [7, 11) is 3.40. The monoisotopic (exact) mass is 461 g/mol. The van der Waals surface area contributed by atoms with E-state index in [2.05, 4.69) is 10.3 Å². The van der Waals surface area contributed by atoms with Crippen molar-refractivity contribution in [3.05, 3.63) is 84.2 Å². The summed E-state index contributed by atoms with van der Waals surface area (Å²) in [5.41, 5.74) is 4.41. The van der Waals surface area contributed by atoms with Gasteiger partial charge in [-0.1, -0.05) is 24.3 Å². The summed E-state index contributed by atoms with van der Waals surface area (Å²) in [6.07, 6.45) is 0.806. The summed E-state index contributed by atoms with van der Waals surface area (Å²) in [6, 6.07) is 21.5. The van der Waals surface area contributed by atoms with E-state index in [4.69, 9.17) is 0 Å². The molecular weight excluding hydrogens is 437 g/mol. The molecule has 0 saturated heterocycles. The molecule has 0 aliphatic rings. The van der Waals surface area contributed by atoms with Crippen LogP contribution in [0.25, 0.3) is 22.2 Å². The van der Waals surface area contributed by atoms with Crippen LogP contribution in [0, 0.1) is 5.82 Å². The molecule has 0 aliphatic heterocycles. The normalized spacial score (nSPS) is 10.9. The summed E-state index contributed by atoms with van der Waals surface area (Å²) in [5, 5.41) is 3.89. The van der Waals surface area contributed by atoms with Gasteiger partial charge in [-0.15, -0.1) is 0 Å². The van der Waals surface area contributed by atoms with Crippen LogP contribution < -0.4 is 5.32 Å². The van der Waals surface area contributed by atoms with E-state index in [9.17, 15) is 14.0 Å². The van der Waals surface area contributed by atoms with Gasteiger partial charge in [-0.2, -0.15) is 0 Å². The Morgan fingerprint density at radius 3 is 2.52 bits per heavy atom. The molecule has 0 aliphatic carbocycles. The number of hydrogen-bond acceptors (Lipinski definition) is 3. The first kappa shape index (κ1) is 22.6. The predicted octanol–water partition coefficient (Wildman–Crippen LogP) is 6.32. The second-order valence-electron chi connectivity index (χ2n) is 7.87. The van der Waals surface area contributed by atoms with E-state index in [1.165, 1.54) is 17.0 Å². The third-order valence-electron chi connectivity index (χ3n) is 5.24. The Kier molecular flexibility index (Phi) is 6.79. The van der Waals surface area contributed by atoms with E-state index in [1.54, 1.807) is 38.4 Å². The lowest BCUT2D eigenvalue weighted by molar-refractivity contribution is -0.116. The molecule has 0 radical (unpaired) electrons. The first-order valence-corrected chi connectivity index (χ1v) is 11.4. The van der Waals surface area contributed by atoms with Crippen molar-refractivity contribution in [1.29, 1.82) is 0 Å². The van der Waals surface area contributed by atoms with Gasteiger partial charge in [0.05, 0.1) is 0 Å². The van der Waals surface area contributed by atoms with Crippen LogP contribution in [-0.2, 0) is 11.2 Å². The number of carbonyl (C=O) groups is 2. The predicted molar refractivity (Wildman–Crippen MR) is 132 cm³/mol. The number of aryl methyl sites for hydroxylation is 1. The van der Waals surface area contributed by atoms with Crippen LogP contribution in [-0.4, -0.2) is 35.1 Å². The lowest BCUT2D eigenvalue weighted by Crippen LogP contribution is -2.16. The van der Waals surface area contributed by atoms with Crippen molar-refractivity contribution in [2.24, 2.45) is 0 Å². The fraction of sp³-hybridized carbons (Fsp3) is 0.154. The van der Waals surface area contributed by atoms with E-state index in [0.29, 0.717) is 12.1 Å². The van der Waals surface area contributed by atoms with E-state index in [1.807, 2.05) is 36.4 Å². The fourth-order valence-electron chi connectivity index (χ4n) is 3.61. The number of amides is 2. The first-order valence-electron chi connectivity index (χ1n) is 10.6. The maximum absolute atomic E-state index is 13.4. The molecule has 4 aromatic rings.